The molecule has 1 rings (SSSR count). The average Bonchev–Trinajstić information content (AvgIpc) is 2.45. The van der Waals surface area contributed by atoms with Gasteiger partial charge in [0.05, 0.1) is 11.5 Å². The molecular weight excluding hydrogens is 312 g/mol. The molecule has 0 saturated heterocycles. The summed E-state index contributed by atoms with van der Waals surface area (Å²) in [5.74, 6) is 0. The number of ether oxygens (including phenoxy) is 1. The number of benzene rings is 1. The van der Waals surface area contributed by atoms with E-state index in [1.165, 1.54) is 23.6 Å². The molecule has 2 N–H and O–H groups in total. The summed E-state index contributed by atoms with van der Waals surface area (Å²) in [4.78, 5) is 0.174. The molecule has 0 aliphatic heterocycles. The summed E-state index contributed by atoms with van der Waals surface area (Å²) in [6.07, 6.45) is 1.54. The van der Waals surface area contributed by atoms with E-state index in [0.29, 0.717) is 22.8 Å². The Labute approximate surface area is 131 Å². The third kappa shape index (κ3) is 4.28. The van der Waals surface area contributed by atoms with Crippen molar-refractivity contribution in [3.63, 3.8) is 0 Å². The highest BCUT2D eigenvalue weighted by atomic mass is 35.5. The number of rotatable bonds is 8. The smallest absolute Gasteiger partial charge is 0.243 e. The second kappa shape index (κ2) is 7.91. The van der Waals surface area contributed by atoms with E-state index in [4.69, 9.17) is 22.1 Å². The van der Waals surface area contributed by atoms with E-state index < -0.39 is 10.0 Å². The largest absolute Gasteiger partial charge is 0.383 e. The van der Waals surface area contributed by atoms with Crippen molar-refractivity contribution in [2.75, 3.05) is 26.8 Å². The summed E-state index contributed by atoms with van der Waals surface area (Å²) in [6.45, 7) is 6.31. The zero-order valence-corrected chi connectivity index (χ0v) is 13.9. The van der Waals surface area contributed by atoms with Crippen molar-refractivity contribution in [2.45, 2.75) is 18.4 Å². The topological polar surface area (TPSA) is 72.6 Å². The summed E-state index contributed by atoms with van der Waals surface area (Å²) in [7, 11) is -2.16. The van der Waals surface area contributed by atoms with Crippen LogP contribution in [0.4, 0.5) is 0 Å². The van der Waals surface area contributed by atoms with Crippen molar-refractivity contribution < 1.29 is 13.2 Å². The number of hydrogen-bond donors (Lipinski definition) is 1. The fourth-order valence-corrected chi connectivity index (χ4v) is 3.97. The van der Waals surface area contributed by atoms with Crippen LogP contribution in [0.15, 0.2) is 29.7 Å². The van der Waals surface area contributed by atoms with Crippen LogP contribution in [0.1, 0.15) is 11.1 Å². The number of nitrogens with two attached hydrogens (primary N) is 1. The van der Waals surface area contributed by atoms with Crippen molar-refractivity contribution in [3.8, 4) is 0 Å². The highest BCUT2D eigenvalue weighted by Crippen LogP contribution is 2.26. The molecule has 0 aliphatic rings. The maximum absolute atomic E-state index is 12.8. The van der Waals surface area contributed by atoms with Crippen LogP contribution in [0.2, 0.25) is 5.02 Å². The molecule has 0 unspecified atom stereocenters. The fourth-order valence-electron chi connectivity index (χ4n) is 1.97. The maximum Gasteiger partial charge on any atom is 0.243 e. The van der Waals surface area contributed by atoms with Crippen LogP contribution in [0.3, 0.4) is 0 Å². The summed E-state index contributed by atoms with van der Waals surface area (Å²) < 4.78 is 31.9. The Morgan fingerprint density at radius 2 is 2.14 bits per heavy atom. The molecule has 21 heavy (non-hydrogen) atoms. The lowest BCUT2D eigenvalue weighted by Crippen LogP contribution is -2.34. The average molecular weight is 333 g/mol. The molecule has 0 fully saturated rings. The molecule has 7 heteroatoms. The third-order valence-electron chi connectivity index (χ3n) is 3.15. The van der Waals surface area contributed by atoms with E-state index in [2.05, 4.69) is 6.58 Å². The highest BCUT2D eigenvalue weighted by Gasteiger charge is 2.26. The third-order valence-corrected chi connectivity index (χ3v) is 5.36. The lowest BCUT2D eigenvalue weighted by Gasteiger charge is -2.22. The number of sulfonamides is 1. The summed E-state index contributed by atoms with van der Waals surface area (Å²) in [5, 5.41) is 0.352. The molecule has 118 valence electrons. The SMILES string of the molecule is C=CCN(CCOC)S(=O)(=O)c1cc(Cl)cc(CN)c1C. The van der Waals surface area contributed by atoms with Gasteiger partial charge in [-0.15, -0.1) is 6.58 Å². The van der Waals surface area contributed by atoms with E-state index >= 15 is 0 Å². The Bertz CT molecular complexity index is 602. The van der Waals surface area contributed by atoms with Gasteiger partial charge in [0.25, 0.3) is 0 Å². The minimum absolute atomic E-state index is 0.174. The van der Waals surface area contributed by atoms with Crippen LogP contribution >= 0.6 is 11.6 Å². The first-order chi connectivity index (χ1) is 9.88. The van der Waals surface area contributed by atoms with Gasteiger partial charge in [-0.25, -0.2) is 8.42 Å². The molecule has 0 aromatic heterocycles. The van der Waals surface area contributed by atoms with Gasteiger partial charge in [0.2, 0.25) is 10.0 Å². The van der Waals surface area contributed by atoms with E-state index in [0.717, 1.165) is 0 Å². The van der Waals surface area contributed by atoms with Crippen LogP contribution in [-0.4, -0.2) is 39.5 Å². The Balaban J connectivity index is 3.33. The van der Waals surface area contributed by atoms with Crippen molar-refractivity contribution >= 4 is 21.6 Å². The zero-order chi connectivity index (χ0) is 16.0. The van der Waals surface area contributed by atoms with Crippen molar-refractivity contribution in [3.05, 3.63) is 40.9 Å². The van der Waals surface area contributed by atoms with E-state index in [1.54, 1.807) is 13.0 Å². The number of hydrogen-bond acceptors (Lipinski definition) is 4. The number of halogens is 1. The molecule has 0 spiro atoms. The highest BCUT2D eigenvalue weighted by molar-refractivity contribution is 7.89. The quantitative estimate of drug-likeness (QED) is 0.738. The molecule has 1 aromatic carbocycles. The van der Waals surface area contributed by atoms with Gasteiger partial charge in [0, 0.05) is 31.8 Å². The van der Waals surface area contributed by atoms with Gasteiger partial charge in [-0.05, 0) is 30.2 Å². The first-order valence-corrected chi connectivity index (χ1v) is 8.29. The first kappa shape index (κ1) is 18.1. The van der Waals surface area contributed by atoms with Crippen LogP contribution in [0, 0.1) is 6.92 Å². The molecule has 0 bridgehead atoms. The molecule has 5 nitrogen and oxygen atoms in total. The van der Waals surface area contributed by atoms with Gasteiger partial charge in [-0.2, -0.15) is 4.31 Å². The van der Waals surface area contributed by atoms with Gasteiger partial charge >= 0.3 is 0 Å². The van der Waals surface area contributed by atoms with Crippen molar-refractivity contribution in [2.24, 2.45) is 5.73 Å². The molecule has 0 heterocycles. The fraction of sp³-hybridized carbons (Fsp3) is 0.429. The van der Waals surface area contributed by atoms with E-state index in [9.17, 15) is 8.42 Å². The Hall–Kier alpha value is -0.920. The van der Waals surface area contributed by atoms with Gasteiger partial charge in [0.15, 0.2) is 0 Å². The van der Waals surface area contributed by atoms with Crippen LogP contribution in [-0.2, 0) is 21.3 Å². The monoisotopic (exact) mass is 332 g/mol. The predicted octanol–water partition coefficient (Wildman–Crippen LogP) is 1.93. The normalized spacial score (nSPS) is 11.9. The lowest BCUT2D eigenvalue weighted by atomic mass is 10.1. The zero-order valence-electron chi connectivity index (χ0n) is 12.3. The molecule has 0 saturated carbocycles. The predicted molar refractivity (Wildman–Crippen MR) is 84.9 cm³/mol. The summed E-state index contributed by atoms with van der Waals surface area (Å²) >= 11 is 6.01. The first-order valence-electron chi connectivity index (χ1n) is 6.47. The van der Waals surface area contributed by atoms with Gasteiger partial charge < -0.3 is 10.5 Å². The van der Waals surface area contributed by atoms with Crippen LogP contribution in [0.5, 0.6) is 0 Å². The number of nitrogens with zero attached hydrogens (tertiary/aromatic N) is 1. The maximum atomic E-state index is 12.8. The molecule has 0 aliphatic carbocycles. The lowest BCUT2D eigenvalue weighted by molar-refractivity contribution is 0.182. The summed E-state index contributed by atoms with van der Waals surface area (Å²) in [5.41, 5.74) is 6.98. The van der Waals surface area contributed by atoms with Gasteiger partial charge in [0.1, 0.15) is 0 Å². The Morgan fingerprint density at radius 1 is 1.48 bits per heavy atom. The van der Waals surface area contributed by atoms with E-state index in [-0.39, 0.29) is 24.5 Å². The molecule has 0 atom stereocenters. The standard InChI is InChI=1S/C14H21ClN2O3S/c1-4-5-17(6-7-20-3)21(18,19)14-9-13(15)8-12(10-16)11(14)2/h4,8-9H,1,5-7,10,16H2,2-3H3. The van der Waals surface area contributed by atoms with Gasteiger partial charge in [-0.1, -0.05) is 17.7 Å². The van der Waals surface area contributed by atoms with Crippen molar-refractivity contribution in [1.82, 2.24) is 4.31 Å². The second-order valence-corrected chi connectivity index (χ2v) is 6.88. The van der Waals surface area contributed by atoms with Crippen molar-refractivity contribution in [1.29, 1.82) is 0 Å². The molecule has 1 aromatic rings. The Kier molecular flexibility index (Phi) is 6.83. The summed E-state index contributed by atoms with van der Waals surface area (Å²) in [6, 6.07) is 3.14. The minimum atomic E-state index is -3.68. The van der Waals surface area contributed by atoms with Gasteiger partial charge in [-0.3, -0.25) is 0 Å². The van der Waals surface area contributed by atoms with Crippen LogP contribution in [0.25, 0.3) is 0 Å². The Morgan fingerprint density at radius 3 is 2.67 bits per heavy atom. The molecule has 0 amide bonds. The number of methoxy groups -OCH3 is 1. The second-order valence-electron chi connectivity index (χ2n) is 4.54. The molecular formula is C14H21ClN2O3S. The van der Waals surface area contributed by atoms with E-state index in [1.807, 2.05) is 0 Å². The minimum Gasteiger partial charge on any atom is -0.383 e. The van der Waals surface area contributed by atoms with Crippen LogP contribution < -0.4 is 5.73 Å². The molecule has 0 radical (unpaired) electrons.